The fourth-order valence-electron chi connectivity index (χ4n) is 2.28. The van der Waals surface area contributed by atoms with Gasteiger partial charge in [-0.05, 0) is 26.3 Å². The van der Waals surface area contributed by atoms with Crippen LogP contribution in [0.3, 0.4) is 0 Å². The Morgan fingerprint density at radius 3 is 2.95 bits per heavy atom. The number of ether oxygens (including phenoxy) is 1. The summed E-state index contributed by atoms with van der Waals surface area (Å²) >= 11 is 0. The Kier molecular flexibility index (Phi) is 11.9. The number of hydrogen-bond donors (Lipinski definition) is 2. The summed E-state index contributed by atoms with van der Waals surface area (Å²) in [5, 5.41) is 6.31. The summed E-state index contributed by atoms with van der Waals surface area (Å²) in [5.41, 5.74) is 0. The van der Waals surface area contributed by atoms with E-state index in [1.807, 2.05) is 6.92 Å². The molecule has 0 amide bonds. The van der Waals surface area contributed by atoms with Crippen molar-refractivity contribution < 1.29 is 4.74 Å². The van der Waals surface area contributed by atoms with Crippen LogP contribution in [0, 0.1) is 12.3 Å². The highest BCUT2D eigenvalue weighted by atomic mass is 127. The number of nitrogens with zero attached hydrogens (tertiary/aromatic N) is 2. The lowest BCUT2D eigenvalue weighted by molar-refractivity contribution is 0.143. The zero-order valence-electron chi connectivity index (χ0n) is 12.5. The molecule has 1 unspecified atom stereocenters. The van der Waals surface area contributed by atoms with Crippen molar-refractivity contribution in [3.63, 3.8) is 0 Å². The maximum atomic E-state index is 5.25. The van der Waals surface area contributed by atoms with Crippen LogP contribution in [0.4, 0.5) is 0 Å². The van der Waals surface area contributed by atoms with E-state index in [-0.39, 0.29) is 24.0 Å². The Morgan fingerprint density at radius 1 is 1.50 bits per heavy atom. The highest BCUT2D eigenvalue weighted by Crippen LogP contribution is 2.16. The van der Waals surface area contributed by atoms with Crippen molar-refractivity contribution in [1.82, 2.24) is 15.5 Å². The molecule has 1 fully saturated rings. The standard InChI is InChI=1S/C14H26N4O.HI/c1-4-8-16-14(15-5-2)17-12-13-7-6-9-18(13)10-11-19-3;/h1,13H,5-12H2,2-3H3,(H2,15,16,17);1H. The summed E-state index contributed by atoms with van der Waals surface area (Å²) in [5.74, 6) is 3.37. The molecule has 0 aromatic rings. The number of rotatable bonds is 7. The SMILES string of the molecule is C#CCNC(=NCC1CCCN1CCOC)NCC.I. The molecule has 1 atom stereocenters. The lowest BCUT2D eigenvalue weighted by atomic mass is 10.2. The maximum absolute atomic E-state index is 5.25. The van der Waals surface area contributed by atoms with Gasteiger partial charge in [-0.1, -0.05) is 5.92 Å². The second kappa shape index (κ2) is 12.2. The van der Waals surface area contributed by atoms with Crippen molar-refractivity contribution >= 4 is 29.9 Å². The largest absolute Gasteiger partial charge is 0.383 e. The number of aliphatic imine (C=N–C) groups is 1. The summed E-state index contributed by atoms with van der Waals surface area (Å²) in [6.45, 7) is 7.13. The maximum Gasteiger partial charge on any atom is 0.192 e. The fraction of sp³-hybridized carbons (Fsp3) is 0.786. The molecule has 1 rings (SSSR count). The lowest BCUT2D eigenvalue weighted by Crippen LogP contribution is -2.39. The topological polar surface area (TPSA) is 48.9 Å². The van der Waals surface area contributed by atoms with Gasteiger partial charge in [0.2, 0.25) is 0 Å². The van der Waals surface area contributed by atoms with E-state index >= 15 is 0 Å². The Morgan fingerprint density at radius 2 is 2.30 bits per heavy atom. The van der Waals surface area contributed by atoms with Crippen molar-refractivity contribution in [2.24, 2.45) is 4.99 Å². The molecular weight excluding hydrogens is 367 g/mol. The predicted octanol–water partition coefficient (Wildman–Crippen LogP) is 0.903. The Labute approximate surface area is 139 Å². The Hall–Kier alpha value is -0.520. The van der Waals surface area contributed by atoms with Crippen molar-refractivity contribution in [1.29, 1.82) is 0 Å². The van der Waals surface area contributed by atoms with Gasteiger partial charge in [0.05, 0.1) is 19.7 Å². The molecular formula is C14H27IN4O. The molecule has 6 heteroatoms. The van der Waals surface area contributed by atoms with Crippen LogP contribution in [-0.2, 0) is 4.74 Å². The molecule has 0 radical (unpaired) electrons. The van der Waals surface area contributed by atoms with Crippen LogP contribution in [-0.4, -0.2) is 63.3 Å². The summed E-state index contributed by atoms with van der Waals surface area (Å²) in [7, 11) is 1.75. The van der Waals surface area contributed by atoms with E-state index in [0.29, 0.717) is 12.6 Å². The average molecular weight is 394 g/mol. The van der Waals surface area contributed by atoms with Crippen LogP contribution in [0.15, 0.2) is 4.99 Å². The molecule has 0 aliphatic carbocycles. The van der Waals surface area contributed by atoms with Crippen LogP contribution in [0.5, 0.6) is 0 Å². The molecule has 20 heavy (non-hydrogen) atoms. The van der Waals surface area contributed by atoms with E-state index in [2.05, 4.69) is 26.4 Å². The molecule has 0 aromatic heterocycles. The van der Waals surface area contributed by atoms with E-state index in [9.17, 15) is 0 Å². The van der Waals surface area contributed by atoms with Crippen molar-refractivity contribution in [3.8, 4) is 12.3 Å². The quantitative estimate of drug-likeness (QED) is 0.292. The van der Waals surface area contributed by atoms with Crippen LogP contribution in [0.1, 0.15) is 19.8 Å². The summed E-state index contributed by atoms with van der Waals surface area (Å²) in [4.78, 5) is 7.06. The van der Waals surface area contributed by atoms with Gasteiger partial charge in [-0.2, -0.15) is 0 Å². The zero-order valence-corrected chi connectivity index (χ0v) is 14.9. The summed E-state index contributed by atoms with van der Waals surface area (Å²) < 4.78 is 5.15. The van der Waals surface area contributed by atoms with E-state index < -0.39 is 0 Å². The van der Waals surface area contributed by atoms with Crippen LogP contribution >= 0.6 is 24.0 Å². The molecule has 116 valence electrons. The van der Waals surface area contributed by atoms with E-state index in [0.717, 1.165) is 38.7 Å². The molecule has 5 nitrogen and oxygen atoms in total. The van der Waals surface area contributed by atoms with Gasteiger partial charge in [-0.15, -0.1) is 30.4 Å². The van der Waals surface area contributed by atoms with Gasteiger partial charge in [0, 0.05) is 26.2 Å². The number of guanidine groups is 1. The average Bonchev–Trinajstić information content (AvgIpc) is 2.87. The molecule has 1 aliphatic heterocycles. The Bertz CT molecular complexity index is 317. The minimum absolute atomic E-state index is 0. The van der Waals surface area contributed by atoms with E-state index in [4.69, 9.17) is 11.2 Å². The summed E-state index contributed by atoms with van der Waals surface area (Å²) in [6.07, 6.45) is 7.71. The summed E-state index contributed by atoms with van der Waals surface area (Å²) in [6, 6.07) is 0.524. The molecule has 0 aromatic carbocycles. The van der Waals surface area contributed by atoms with Crippen molar-refractivity contribution in [2.45, 2.75) is 25.8 Å². The van der Waals surface area contributed by atoms with Gasteiger partial charge >= 0.3 is 0 Å². The van der Waals surface area contributed by atoms with Crippen LogP contribution in [0.25, 0.3) is 0 Å². The predicted molar refractivity (Wildman–Crippen MR) is 94.7 cm³/mol. The van der Waals surface area contributed by atoms with Gasteiger partial charge in [0.25, 0.3) is 0 Å². The molecule has 1 heterocycles. The van der Waals surface area contributed by atoms with Gasteiger partial charge in [-0.3, -0.25) is 9.89 Å². The number of nitrogens with one attached hydrogen (secondary N) is 2. The minimum Gasteiger partial charge on any atom is -0.383 e. The second-order valence-corrected chi connectivity index (χ2v) is 4.60. The molecule has 2 N–H and O–H groups in total. The first-order chi connectivity index (χ1) is 9.31. The number of likely N-dealkylation sites (tertiary alicyclic amines) is 1. The van der Waals surface area contributed by atoms with E-state index in [1.165, 1.54) is 12.8 Å². The Balaban J connectivity index is 0.00000361. The normalized spacial score (nSPS) is 19.2. The minimum atomic E-state index is 0. The van der Waals surface area contributed by atoms with Crippen molar-refractivity contribution in [2.75, 3.05) is 46.4 Å². The lowest BCUT2D eigenvalue weighted by Gasteiger charge is -2.23. The third kappa shape index (κ3) is 7.31. The van der Waals surface area contributed by atoms with Gasteiger partial charge in [-0.25, -0.2) is 0 Å². The third-order valence-electron chi connectivity index (χ3n) is 3.24. The molecule has 0 bridgehead atoms. The highest BCUT2D eigenvalue weighted by molar-refractivity contribution is 14.0. The molecule has 0 spiro atoms. The second-order valence-electron chi connectivity index (χ2n) is 4.60. The number of halogens is 1. The third-order valence-corrected chi connectivity index (χ3v) is 3.24. The van der Waals surface area contributed by atoms with Crippen LogP contribution < -0.4 is 10.6 Å². The van der Waals surface area contributed by atoms with Gasteiger partial charge < -0.3 is 15.4 Å². The monoisotopic (exact) mass is 394 g/mol. The number of hydrogen-bond acceptors (Lipinski definition) is 3. The molecule has 1 aliphatic rings. The first-order valence-corrected chi connectivity index (χ1v) is 7.00. The number of terminal acetylenes is 1. The zero-order chi connectivity index (χ0) is 13.9. The first kappa shape index (κ1) is 19.5. The van der Waals surface area contributed by atoms with E-state index in [1.54, 1.807) is 7.11 Å². The molecule has 1 saturated heterocycles. The van der Waals surface area contributed by atoms with Gasteiger partial charge in [0.15, 0.2) is 5.96 Å². The van der Waals surface area contributed by atoms with Crippen LogP contribution in [0.2, 0.25) is 0 Å². The fourth-order valence-corrected chi connectivity index (χ4v) is 2.28. The smallest absolute Gasteiger partial charge is 0.192 e. The number of methoxy groups -OCH3 is 1. The first-order valence-electron chi connectivity index (χ1n) is 7.00. The van der Waals surface area contributed by atoms with Crippen molar-refractivity contribution in [3.05, 3.63) is 0 Å². The molecule has 0 saturated carbocycles. The highest BCUT2D eigenvalue weighted by Gasteiger charge is 2.23. The van der Waals surface area contributed by atoms with Gasteiger partial charge in [0.1, 0.15) is 0 Å².